The molecule has 0 aromatic carbocycles. The Morgan fingerprint density at radius 2 is 1.89 bits per heavy atom. The van der Waals surface area contributed by atoms with Crippen molar-refractivity contribution in [3.05, 3.63) is 0 Å². The molecule has 1 saturated carbocycles. The Labute approximate surface area is 123 Å². The largest absolute Gasteiger partial charge is 0.362 e. The molecule has 1 aliphatic heterocycles. The molecule has 1 aliphatic carbocycles. The molecule has 0 aromatic heterocycles. The summed E-state index contributed by atoms with van der Waals surface area (Å²) in [6, 6.07) is 0.585. The van der Waals surface area contributed by atoms with Gasteiger partial charge in [-0.25, -0.2) is 0 Å². The van der Waals surface area contributed by atoms with E-state index in [0.717, 1.165) is 12.5 Å². The standard InChI is InChI=1S/C16H30N2S/c1-16(2,3)14-10-12-19-15(18-14)17-11-9-13-7-5-4-6-8-13/h13-14H,4-12H2,1-3H3,(H,17,18). The summed E-state index contributed by atoms with van der Waals surface area (Å²) in [5.74, 6) is 2.17. The summed E-state index contributed by atoms with van der Waals surface area (Å²) in [6.07, 6.45) is 9.78. The molecule has 0 spiro atoms. The van der Waals surface area contributed by atoms with Crippen molar-refractivity contribution >= 4 is 16.9 Å². The second-order valence-corrected chi connectivity index (χ2v) is 8.26. The highest BCUT2D eigenvalue weighted by Gasteiger charge is 2.28. The molecule has 1 heterocycles. The van der Waals surface area contributed by atoms with Gasteiger partial charge in [0.2, 0.25) is 0 Å². The Morgan fingerprint density at radius 3 is 2.58 bits per heavy atom. The molecule has 3 heteroatoms. The molecule has 1 saturated heterocycles. The van der Waals surface area contributed by atoms with Crippen molar-refractivity contribution in [3.63, 3.8) is 0 Å². The molecule has 0 bridgehead atoms. The van der Waals surface area contributed by atoms with E-state index in [1.165, 1.54) is 55.9 Å². The highest BCUT2D eigenvalue weighted by Crippen LogP contribution is 2.28. The first-order chi connectivity index (χ1) is 9.05. The van der Waals surface area contributed by atoms with Crippen LogP contribution in [0.2, 0.25) is 0 Å². The normalized spacial score (nSPS) is 28.4. The number of rotatable bonds is 3. The molecule has 1 atom stereocenters. The molecule has 110 valence electrons. The van der Waals surface area contributed by atoms with Crippen molar-refractivity contribution < 1.29 is 0 Å². The summed E-state index contributed by atoms with van der Waals surface area (Å²) in [5.41, 5.74) is 0.338. The van der Waals surface area contributed by atoms with E-state index in [-0.39, 0.29) is 0 Å². The van der Waals surface area contributed by atoms with E-state index >= 15 is 0 Å². The number of hydrogen-bond acceptors (Lipinski definition) is 2. The van der Waals surface area contributed by atoms with E-state index in [2.05, 4.69) is 26.1 Å². The van der Waals surface area contributed by atoms with E-state index in [4.69, 9.17) is 4.99 Å². The van der Waals surface area contributed by atoms with E-state index in [9.17, 15) is 0 Å². The van der Waals surface area contributed by atoms with E-state index in [0.29, 0.717) is 11.5 Å². The fraction of sp³-hybridized carbons (Fsp3) is 0.938. The summed E-state index contributed by atoms with van der Waals surface area (Å²) in [4.78, 5) is 4.81. The van der Waals surface area contributed by atoms with Gasteiger partial charge in [0.15, 0.2) is 5.17 Å². The Morgan fingerprint density at radius 1 is 1.16 bits per heavy atom. The van der Waals surface area contributed by atoms with Crippen LogP contribution in [0.3, 0.4) is 0 Å². The zero-order valence-electron chi connectivity index (χ0n) is 12.9. The minimum atomic E-state index is 0.338. The highest BCUT2D eigenvalue weighted by atomic mass is 32.2. The first-order valence-electron chi connectivity index (χ1n) is 7.99. The number of aliphatic imine (C=N–C) groups is 1. The highest BCUT2D eigenvalue weighted by molar-refractivity contribution is 8.13. The van der Waals surface area contributed by atoms with E-state index in [1.54, 1.807) is 0 Å². The molecule has 2 fully saturated rings. The summed E-state index contributed by atoms with van der Waals surface area (Å²) < 4.78 is 0. The molecule has 2 aliphatic rings. The molecule has 1 unspecified atom stereocenters. The molecule has 2 nitrogen and oxygen atoms in total. The Bertz CT molecular complexity index is 300. The van der Waals surface area contributed by atoms with Crippen LogP contribution in [0.4, 0.5) is 0 Å². The molecule has 0 aromatic rings. The Kier molecular flexibility index (Phi) is 5.61. The van der Waals surface area contributed by atoms with Gasteiger partial charge < -0.3 is 5.32 Å². The lowest BCUT2D eigenvalue weighted by atomic mass is 9.85. The van der Waals surface area contributed by atoms with Gasteiger partial charge in [-0.15, -0.1) is 0 Å². The molecule has 19 heavy (non-hydrogen) atoms. The maximum Gasteiger partial charge on any atom is 0.156 e. The first kappa shape index (κ1) is 15.2. The van der Waals surface area contributed by atoms with Gasteiger partial charge in [0, 0.05) is 18.3 Å². The zero-order valence-corrected chi connectivity index (χ0v) is 13.7. The van der Waals surface area contributed by atoms with Crippen LogP contribution in [0, 0.1) is 11.3 Å². The van der Waals surface area contributed by atoms with Crippen molar-refractivity contribution in [3.8, 4) is 0 Å². The lowest BCUT2D eigenvalue weighted by Gasteiger charge is -2.35. The van der Waals surface area contributed by atoms with Crippen molar-refractivity contribution in [1.82, 2.24) is 5.32 Å². The van der Waals surface area contributed by atoms with Crippen LogP contribution in [0.1, 0.15) is 65.7 Å². The van der Waals surface area contributed by atoms with Crippen LogP contribution in [0.5, 0.6) is 0 Å². The molecular weight excluding hydrogens is 252 g/mol. The van der Waals surface area contributed by atoms with Gasteiger partial charge in [0.25, 0.3) is 0 Å². The third-order valence-corrected chi connectivity index (χ3v) is 5.47. The fourth-order valence-electron chi connectivity index (χ4n) is 3.10. The summed E-state index contributed by atoms with van der Waals surface area (Å²) in [7, 11) is 0. The lowest BCUT2D eigenvalue weighted by molar-refractivity contribution is 0.290. The first-order valence-corrected chi connectivity index (χ1v) is 8.98. The maximum atomic E-state index is 4.81. The average Bonchev–Trinajstić information content (AvgIpc) is 2.39. The van der Waals surface area contributed by atoms with Gasteiger partial charge in [-0.1, -0.05) is 64.6 Å². The van der Waals surface area contributed by atoms with Gasteiger partial charge in [0.05, 0.1) is 0 Å². The topological polar surface area (TPSA) is 24.4 Å². The fourth-order valence-corrected chi connectivity index (χ4v) is 4.06. The second kappa shape index (κ2) is 7.01. The third-order valence-electron chi connectivity index (χ3n) is 4.51. The minimum Gasteiger partial charge on any atom is -0.362 e. The van der Waals surface area contributed by atoms with Crippen LogP contribution in [-0.2, 0) is 0 Å². The SMILES string of the molecule is CC(C)(C)C1CCSC(=NCCC2CCCCC2)N1. The average molecular weight is 282 g/mol. The van der Waals surface area contributed by atoms with Crippen molar-refractivity contribution in [1.29, 1.82) is 0 Å². The maximum absolute atomic E-state index is 4.81. The minimum absolute atomic E-state index is 0.338. The molecule has 0 radical (unpaired) electrons. The Balaban J connectivity index is 1.75. The predicted octanol–water partition coefficient (Wildman–Crippen LogP) is 4.45. The summed E-state index contributed by atoms with van der Waals surface area (Å²) >= 11 is 1.91. The predicted molar refractivity (Wildman–Crippen MR) is 86.9 cm³/mol. The second-order valence-electron chi connectivity index (χ2n) is 7.18. The lowest BCUT2D eigenvalue weighted by Crippen LogP contribution is -2.46. The quantitative estimate of drug-likeness (QED) is 0.827. The zero-order chi connectivity index (χ0) is 13.7. The smallest absolute Gasteiger partial charge is 0.156 e. The van der Waals surface area contributed by atoms with Crippen LogP contribution < -0.4 is 5.32 Å². The Hall–Kier alpha value is -0.180. The molecular formula is C16H30N2S. The number of thioether (sulfide) groups is 1. The van der Waals surface area contributed by atoms with Crippen LogP contribution in [0.15, 0.2) is 4.99 Å². The number of hydrogen-bond donors (Lipinski definition) is 1. The van der Waals surface area contributed by atoms with Gasteiger partial charge in [0.1, 0.15) is 0 Å². The van der Waals surface area contributed by atoms with Crippen molar-refractivity contribution in [2.24, 2.45) is 16.3 Å². The number of amidine groups is 1. The molecule has 1 N–H and O–H groups in total. The monoisotopic (exact) mass is 282 g/mol. The number of nitrogens with one attached hydrogen (secondary N) is 1. The number of nitrogens with zero attached hydrogens (tertiary/aromatic N) is 1. The summed E-state index contributed by atoms with van der Waals surface area (Å²) in [6.45, 7) is 7.98. The van der Waals surface area contributed by atoms with E-state index < -0.39 is 0 Å². The van der Waals surface area contributed by atoms with E-state index in [1.807, 2.05) is 11.8 Å². The molecule has 0 amide bonds. The van der Waals surface area contributed by atoms with Crippen LogP contribution in [0.25, 0.3) is 0 Å². The van der Waals surface area contributed by atoms with Crippen LogP contribution in [-0.4, -0.2) is 23.5 Å². The van der Waals surface area contributed by atoms with Gasteiger partial charge >= 0.3 is 0 Å². The van der Waals surface area contributed by atoms with Crippen molar-refractivity contribution in [2.75, 3.05) is 12.3 Å². The summed E-state index contributed by atoms with van der Waals surface area (Å²) in [5, 5.41) is 4.84. The van der Waals surface area contributed by atoms with Gasteiger partial charge in [-0.3, -0.25) is 4.99 Å². The van der Waals surface area contributed by atoms with Crippen molar-refractivity contribution in [2.45, 2.75) is 71.8 Å². The van der Waals surface area contributed by atoms with Gasteiger partial charge in [-0.2, -0.15) is 0 Å². The third kappa shape index (κ3) is 5.02. The van der Waals surface area contributed by atoms with Gasteiger partial charge in [-0.05, 0) is 24.2 Å². The van der Waals surface area contributed by atoms with Crippen LogP contribution >= 0.6 is 11.8 Å². The molecule has 2 rings (SSSR count).